The molecule has 0 radical (unpaired) electrons. The summed E-state index contributed by atoms with van der Waals surface area (Å²) in [6.07, 6.45) is 3.71. The molecule has 76 valence electrons. The number of rotatable bonds is 5. The zero-order valence-corrected chi connectivity index (χ0v) is 9.14. The third kappa shape index (κ3) is 3.02. The van der Waals surface area contributed by atoms with Gasteiger partial charge in [0.2, 0.25) is 0 Å². The van der Waals surface area contributed by atoms with Crippen molar-refractivity contribution < 1.29 is 0 Å². The van der Waals surface area contributed by atoms with Gasteiger partial charge in [-0.25, -0.2) is 0 Å². The lowest BCUT2D eigenvalue weighted by molar-refractivity contribution is 0.350. The minimum atomic E-state index is 0.601. The van der Waals surface area contributed by atoms with E-state index in [2.05, 4.69) is 25.7 Å². The molecule has 2 heteroatoms. The summed E-state index contributed by atoms with van der Waals surface area (Å²) in [5.41, 5.74) is 0. The zero-order chi connectivity index (χ0) is 9.84. The van der Waals surface area contributed by atoms with Gasteiger partial charge in [-0.2, -0.15) is 0 Å². The Hall–Kier alpha value is -0.530. The van der Waals surface area contributed by atoms with Gasteiger partial charge in [0, 0.05) is 19.0 Å². The molecule has 0 aromatic heterocycles. The Labute approximate surface area is 81.8 Å². The Morgan fingerprint density at radius 3 is 2.46 bits per heavy atom. The third-order valence-electron chi connectivity index (χ3n) is 2.92. The minimum Gasteiger partial charge on any atom is -0.360 e. The van der Waals surface area contributed by atoms with Crippen LogP contribution in [-0.2, 0) is 0 Å². The van der Waals surface area contributed by atoms with Crippen LogP contribution >= 0.6 is 0 Å². The molecule has 0 bridgehead atoms. The van der Waals surface area contributed by atoms with Gasteiger partial charge >= 0.3 is 0 Å². The van der Waals surface area contributed by atoms with Crippen molar-refractivity contribution in [1.82, 2.24) is 4.90 Å². The van der Waals surface area contributed by atoms with Gasteiger partial charge in [-0.1, -0.05) is 20.3 Å². The molecule has 1 atom stereocenters. The number of hydrogen-bond donors (Lipinski definition) is 1. The van der Waals surface area contributed by atoms with Gasteiger partial charge in [0.25, 0.3) is 0 Å². The fourth-order valence-electron chi connectivity index (χ4n) is 1.52. The maximum Gasteiger partial charge on any atom is 0.0989 e. The topological polar surface area (TPSA) is 27.1 Å². The van der Waals surface area contributed by atoms with Crippen molar-refractivity contribution in [1.29, 1.82) is 5.41 Å². The number of nitrogens with one attached hydrogen (secondary N) is 1. The first kappa shape index (κ1) is 10.6. The van der Waals surface area contributed by atoms with E-state index in [1.807, 2.05) is 0 Å². The average molecular weight is 182 g/mol. The molecule has 0 spiro atoms. The number of nitrogens with zero attached hydrogens (tertiary/aromatic N) is 1. The molecule has 1 aliphatic carbocycles. The van der Waals surface area contributed by atoms with Crippen LogP contribution in [0.1, 0.15) is 40.0 Å². The van der Waals surface area contributed by atoms with E-state index in [-0.39, 0.29) is 0 Å². The lowest BCUT2D eigenvalue weighted by Gasteiger charge is -2.26. The normalized spacial score (nSPS) is 18.4. The van der Waals surface area contributed by atoms with Gasteiger partial charge < -0.3 is 4.90 Å². The maximum atomic E-state index is 7.96. The standard InChI is InChI=1S/C11H22N2/c1-4-9(3)8-13(5-2)11(12)10-6-7-10/h9-10,12H,4-8H2,1-3H3. The van der Waals surface area contributed by atoms with Gasteiger partial charge in [-0.05, 0) is 25.7 Å². The molecule has 13 heavy (non-hydrogen) atoms. The van der Waals surface area contributed by atoms with Crippen LogP contribution in [0.15, 0.2) is 0 Å². The summed E-state index contributed by atoms with van der Waals surface area (Å²) in [6, 6.07) is 0. The van der Waals surface area contributed by atoms with E-state index >= 15 is 0 Å². The van der Waals surface area contributed by atoms with Gasteiger partial charge in [0.05, 0.1) is 5.84 Å². The molecular formula is C11H22N2. The Kier molecular flexibility index (Phi) is 3.76. The van der Waals surface area contributed by atoms with E-state index in [0.717, 1.165) is 24.8 Å². The van der Waals surface area contributed by atoms with E-state index in [1.54, 1.807) is 0 Å². The predicted molar refractivity (Wildman–Crippen MR) is 57.2 cm³/mol. The van der Waals surface area contributed by atoms with Crippen molar-refractivity contribution in [3.63, 3.8) is 0 Å². The second-order valence-electron chi connectivity index (χ2n) is 4.21. The molecule has 1 aliphatic rings. The lowest BCUT2D eigenvalue weighted by atomic mass is 10.1. The largest absolute Gasteiger partial charge is 0.360 e. The summed E-state index contributed by atoms with van der Waals surface area (Å²) in [6.45, 7) is 8.71. The average Bonchev–Trinajstić information content (AvgIpc) is 2.95. The molecular weight excluding hydrogens is 160 g/mol. The lowest BCUT2D eigenvalue weighted by Crippen LogP contribution is -2.35. The highest BCUT2D eigenvalue weighted by Crippen LogP contribution is 2.31. The van der Waals surface area contributed by atoms with E-state index in [1.165, 1.54) is 19.3 Å². The zero-order valence-electron chi connectivity index (χ0n) is 9.14. The minimum absolute atomic E-state index is 0.601. The molecule has 0 saturated heterocycles. The van der Waals surface area contributed by atoms with Crippen LogP contribution in [0.3, 0.4) is 0 Å². The molecule has 0 amide bonds. The molecule has 2 nitrogen and oxygen atoms in total. The number of hydrogen-bond acceptors (Lipinski definition) is 1. The van der Waals surface area contributed by atoms with Crippen LogP contribution in [0, 0.1) is 17.2 Å². The summed E-state index contributed by atoms with van der Waals surface area (Å²) in [5, 5.41) is 7.96. The Morgan fingerprint density at radius 1 is 1.46 bits per heavy atom. The van der Waals surface area contributed by atoms with Gasteiger partial charge in [-0.3, -0.25) is 5.41 Å². The van der Waals surface area contributed by atoms with Crippen LogP contribution in [-0.4, -0.2) is 23.8 Å². The summed E-state index contributed by atoms with van der Waals surface area (Å²) < 4.78 is 0. The van der Waals surface area contributed by atoms with E-state index in [9.17, 15) is 0 Å². The van der Waals surface area contributed by atoms with Crippen molar-refractivity contribution in [3.8, 4) is 0 Å². The number of amidine groups is 1. The van der Waals surface area contributed by atoms with E-state index < -0.39 is 0 Å². The highest BCUT2D eigenvalue weighted by atomic mass is 15.2. The maximum absolute atomic E-state index is 7.96. The van der Waals surface area contributed by atoms with Crippen LogP contribution in [0.5, 0.6) is 0 Å². The molecule has 1 N–H and O–H groups in total. The van der Waals surface area contributed by atoms with Crippen LogP contribution < -0.4 is 0 Å². The van der Waals surface area contributed by atoms with Crippen molar-refractivity contribution in [2.75, 3.05) is 13.1 Å². The first-order valence-electron chi connectivity index (χ1n) is 5.52. The second kappa shape index (κ2) is 4.64. The molecule has 0 aromatic carbocycles. The fraction of sp³-hybridized carbons (Fsp3) is 0.909. The SMILES string of the molecule is CCC(C)CN(CC)C(=N)C1CC1. The first-order chi connectivity index (χ1) is 6.19. The van der Waals surface area contributed by atoms with Crippen LogP contribution in [0.2, 0.25) is 0 Å². The van der Waals surface area contributed by atoms with Gasteiger partial charge in [-0.15, -0.1) is 0 Å². The quantitative estimate of drug-likeness (QED) is 0.513. The first-order valence-corrected chi connectivity index (χ1v) is 5.52. The molecule has 1 unspecified atom stereocenters. The van der Waals surface area contributed by atoms with Crippen molar-refractivity contribution in [2.24, 2.45) is 11.8 Å². The molecule has 0 aromatic rings. The third-order valence-corrected chi connectivity index (χ3v) is 2.92. The Balaban J connectivity index is 2.36. The molecule has 1 fully saturated rings. The monoisotopic (exact) mass is 182 g/mol. The predicted octanol–water partition coefficient (Wildman–Crippen LogP) is 2.74. The summed E-state index contributed by atoms with van der Waals surface area (Å²) in [4.78, 5) is 2.24. The van der Waals surface area contributed by atoms with Gasteiger partial charge in [0.1, 0.15) is 0 Å². The smallest absolute Gasteiger partial charge is 0.0989 e. The van der Waals surface area contributed by atoms with Crippen molar-refractivity contribution in [3.05, 3.63) is 0 Å². The molecule has 0 heterocycles. The molecule has 1 rings (SSSR count). The molecule has 1 saturated carbocycles. The molecule has 0 aliphatic heterocycles. The fourth-order valence-corrected chi connectivity index (χ4v) is 1.52. The van der Waals surface area contributed by atoms with Crippen molar-refractivity contribution >= 4 is 5.84 Å². The van der Waals surface area contributed by atoms with Gasteiger partial charge in [0.15, 0.2) is 0 Å². The van der Waals surface area contributed by atoms with Crippen LogP contribution in [0.4, 0.5) is 0 Å². The highest BCUT2D eigenvalue weighted by Gasteiger charge is 2.29. The summed E-state index contributed by atoms with van der Waals surface area (Å²) in [5.74, 6) is 2.21. The summed E-state index contributed by atoms with van der Waals surface area (Å²) in [7, 11) is 0. The summed E-state index contributed by atoms with van der Waals surface area (Å²) >= 11 is 0. The van der Waals surface area contributed by atoms with Crippen molar-refractivity contribution in [2.45, 2.75) is 40.0 Å². The van der Waals surface area contributed by atoms with E-state index in [0.29, 0.717) is 5.92 Å². The Bertz CT molecular complexity index is 173. The second-order valence-corrected chi connectivity index (χ2v) is 4.21. The van der Waals surface area contributed by atoms with E-state index in [4.69, 9.17) is 5.41 Å². The Morgan fingerprint density at radius 2 is 2.08 bits per heavy atom. The van der Waals surface area contributed by atoms with Crippen LogP contribution in [0.25, 0.3) is 0 Å². The highest BCUT2D eigenvalue weighted by molar-refractivity contribution is 5.83.